The third kappa shape index (κ3) is 2.13. The van der Waals surface area contributed by atoms with Gasteiger partial charge in [0.1, 0.15) is 11.9 Å². The van der Waals surface area contributed by atoms with E-state index in [1.807, 2.05) is 0 Å². The molecule has 0 bridgehead atoms. The third-order valence-corrected chi connectivity index (χ3v) is 3.74. The Morgan fingerprint density at radius 1 is 1.16 bits per heavy atom. The molecule has 2 nitrogen and oxygen atoms in total. The van der Waals surface area contributed by atoms with E-state index in [2.05, 4.69) is 50.2 Å². The zero-order valence-corrected chi connectivity index (χ0v) is 11.4. The minimum absolute atomic E-state index is 0.125. The van der Waals surface area contributed by atoms with Gasteiger partial charge < -0.3 is 10.5 Å². The van der Waals surface area contributed by atoms with Gasteiger partial charge in [-0.1, -0.05) is 30.3 Å². The van der Waals surface area contributed by atoms with Crippen LogP contribution in [0.1, 0.15) is 16.7 Å². The van der Waals surface area contributed by atoms with E-state index in [1.165, 1.54) is 27.8 Å². The van der Waals surface area contributed by atoms with Gasteiger partial charge in [0, 0.05) is 18.5 Å². The van der Waals surface area contributed by atoms with Gasteiger partial charge in [-0.15, -0.1) is 0 Å². The first-order valence-corrected chi connectivity index (χ1v) is 6.75. The lowest BCUT2D eigenvalue weighted by Gasteiger charge is -2.13. The highest BCUT2D eigenvalue weighted by molar-refractivity contribution is 5.76. The molecule has 1 unspecified atom stereocenters. The van der Waals surface area contributed by atoms with Gasteiger partial charge in [0.15, 0.2) is 0 Å². The second kappa shape index (κ2) is 4.71. The minimum Gasteiger partial charge on any atom is -0.488 e. The maximum atomic E-state index is 6.03. The van der Waals surface area contributed by atoms with Crippen LogP contribution >= 0.6 is 0 Å². The van der Waals surface area contributed by atoms with Crippen molar-refractivity contribution in [2.24, 2.45) is 5.73 Å². The largest absolute Gasteiger partial charge is 0.488 e. The van der Waals surface area contributed by atoms with Crippen LogP contribution in [0.25, 0.3) is 11.1 Å². The summed E-state index contributed by atoms with van der Waals surface area (Å²) >= 11 is 0. The molecule has 0 radical (unpaired) electrons. The van der Waals surface area contributed by atoms with Crippen molar-refractivity contribution < 1.29 is 4.74 Å². The quantitative estimate of drug-likeness (QED) is 0.891. The first-order valence-electron chi connectivity index (χ1n) is 6.75. The highest BCUT2D eigenvalue weighted by Gasteiger charge is 2.25. The molecule has 0 spiro atoms. The summed E-state index contributed by atoms with van der Waals surface area (Å²) in [6.45, 7) is 4.85. The molecule has 2 N–H and O–H groups in total. The van der Waals surface area contributed by atoms with Crippen LogP contribution in [0.3, 0.4) is 0 Å². The summed E-state index contributed by atoms with van der Waals surface area (Å²) in [5, 5.41) is 0. The standard InChI is InChI=1S/C17H19NO/c1-11-7-13-9-14(10-18)19-17(13)16(8-11)15-6-4-3-5-12(15)2/h3-8,14H,9-10,18H2,1-2H3. The molecule has 0 aromatic heterocycles. The SMILES string of the molecule is Cc1cc2c(c(-c3ccccc3C)c1)OC(CN)C2. The molecule has 0 saturated heterocycles. The monoisotopic (exact) mass is 253 g/mol. The number of fused-ring (bicyclic) bond motifs is 1. The average Bonchev–Trinajstić information content (AvgIpc) is 2.81. The van der Waals surface area contributed by atoms with Crippen molar-refractivity contribution in [3.05, 3.63) is 53.1 Å². The van der Waals surface area contributed by atoms with Crippen LogP contribution in [-0.4, -0.2) is 12.6 Å². The fourth-order valence-corrected chi connectivity index (χ4v) is 2.80. The van der Waals surface area contributed by atoms with Crippen molar-refractivity contribution >= 4 is 0 Å². The van der Waals surface area contributed by atoms with E-state index in [9.17, 15) is 0 Å². The molecule has 1 aliphatic rings. The van der Waals surface area contributed by atoms with Gasteiger partial charge in [-0.05, 0) is 42.2 Å². The maximum absolute atomic E-state index is 6.03. The first-order chi connectivity index (χ1) is 9.19. The van der Waals surface area contributed by atoms with E-state index in [4.69, 9.17) is 10.5 Å². The van der Waals surface area contributed by atoms with Gasteiger partial charge in [-0.25, -0.2) is 0 Å². The molecular weight excluding hydrogens is 234 g/mol. The lowest BCUT2D eigenvalue weighted by molar-refractivity contribution is 0.242. The molecule has 0 amide bonds. The van der Waals surface area contributed by atoms with Crippen LogP contribution in [0, 0.1) is 13.8 Å². The summed E-state index contributed by atoms with van der Waals surface area (Å²) in [6, 6.07) is 12.9. The Labute approximate surface area is 114 Å². The molecule has 2 aromatic carbocycles. The second-order valence-electron chi connectivity index (χ2n) is 5.30. The van der Waals surface area contributed by atoms with Crippen molar-refractivity contribution in [3.8, 4) is 16.9 Å². The van der Waals surface area contributed by atoms with Gasteiger partial charge >= 0.3 is 0 Å². The number of rotatable bonds is 2. The Kier molecular flexibility index (Phi) is 3.03. The van der Waals surface area contributed by atoms with Crippen LogP contribution in [0.5, 0.6) is 5.75 Å². The molecule has 19 heavy (non-hydrogen) atoms. The second-order valence-corrected chi connectivity index (χ2v) is 5.30. The first kappa shape index (κ1) is 12.2. The number of nitrogens with two attached hydrogens (primary N) is 1. The summed E-state index contributed by atoms with van der Waals surface area (Å²) in [5.41, 5.74) is 12.0. The van der Waals surface area contributed by atoms with E-state index < -0.39 is 0 Å². The molecule has 0 fully saturated rings. The van der Waals surface area contributed by atoms with Crippen molar-refractivity contribution in [2.45, 2.75) is 26.4 Å². The van der Waals surface area contributed by atoms with E-state index in [0.29, 0.717) is 6.54 Å². The fourth-order valence-electron chi connectivity index (χ4n) is 2.80. The van der Waals surface area contributed by atoms with Gasteiger partial charge in [0.25, 0.3) is 0 Å². The molecule has 1 aliphatic heterocycles. The predicted molar refractivity (Wildman–Crippen MR) is 78.5 cm³/mol. The smallest absolute Gasteiger partial charge is 0.130 e. The Morgan fingerprint density at radius 2 is 1.95 bits per heavy atom. The lowest BCUT2D eigenvalue weighted by atomic mass is 9.95. The van der Waals surface area contributed by atoms with E-state index in [1.54, 1.807) is 0 Å². The number of hydrogen-bond donors (Lipinski definition) is 1. The topological polar surface area (TPSA) is 35.2 Å². The highest BCUT2D eigenvalue weighted by atomic mass is 16.5. The Morgan fingerprint density at radius 3 is 2.68 bits per heavy atom. The van der Waals surface area contributed by atoms with Crippen molar-refractivity contribution in [1.29, 1.82) is 0 Å². The zero-order chi connectivity index (χ0) is 13.4. The Balaban J connectivity index is 2.16. The fraction of sp³-hybridized carbons (Fsp3) is 0.294. The van der Waals surface area contributed by atoms with E-state index in [0.717, 1.165) is 12.2 Å². The molecule has 0 aliphatic carbocycles. The Bertz CT molecular complexity index is 619. The van der Waals surface area contributed by atoms with Crippen LogP contribution in [0.2, 0.25) is 0 Å². The van der Waals surface area contributed by atoms with E-state index >= 15 is 0 Å². The normalized spacial score (nSPS) is 17.1. The molecule has 1 atom stereocenters. The van der Waals surface area contributed by atoms with E-state index in [-0.39, 0.29) is 6.10 Å². The number of hydrogen-bond acceptors (Lipinski definition) is 2. The molecule has 2 aromatic rings. The number of aryl methyl sites for hydroxylation is 2. The lowest BCUT2D eigenvalue weighted by Crippen LogP contribution is -2.24. The summed E-state index contributed by atoms with van der Waals surface area (Å²) in [5.74, 6) is 1.02. The third-order valence-electron chi connectivity index (χ3n) is 3.74. The van der Waals surface area contributed by atoms with Gasteiger partial charge in [0.05, 0.1) is 0 Å². The summed E-state index contributed by atoms with van der Waals surface area (Å²) in [7, 11) is 0. The van der Waals surface area contributed by atoms with Crippen molar-refractivity contribution in [3.63, 3.8) is 0 Å². The zero-order valence-electron chi connectivity index (χ0n) is 11.4. The molecule has 1 heterocycles. The van der Waals surface area contributed by atoms with Crippen LogP contribution < -0.4 is 10.5 Å². The maximum Gasteiger partial charge on any atom is 0.130 e. The Hall–Kier alpha value is -1.80. The number of ether oxygens (including phenoxy) is 1. The van der Waals surface area contributed by atoms with Crippen LogP contribution in [0.4, 0.5) is 0 Å². The summed E-state index contributed by atoms with van der Waals surface area (Å²) in [4.78, 5) is 0. The van der Waals surface area contributed by atoms with Gasteiger partial charge in [-0.3, -0.25) is 0 Å². The minimum atomic E-state index is 0.125. The summed E-state index contributed by atoms with van der Waals surface area (Å²) < 4.78 is 6.03. The number of benzene rings is 2. The van der Waals surface area contributed by atoms with Crippen LogP contribution in [-0.2, 0) is 6.42 Å². The van der Waals surface area contributed by atoms with Gasteiger partial charge in [-0.2, -0.15) is 0 Å². The predicted octanol–water partition coefficient (Wildman–Crippen LogP) is 3.23. The molecule has 0 saturated carbocycles. The van der Waals surface area contributed by atoms with Gasteiger partial charge in [0.2, 0.25) is 0 Å². The highest BCUT2D eigenvalue weighted by Crippen LogP contribution is 2.40. The summed E-state index contributed by atoms with van der Waals surface area (Å²) in [6.07, 6.45) is 1.05. The van der Waals surface area contributed by atoms with Crippen molar-refractivity contribution in [2.75, 3.05) is 6.54 Å². The molecule has 98 valence electrons. The van der Waals surface area contributed by atoms with Crippen molar-refractivity contribution in [1.82, 2.24) is 0 Å². The van der Waals surface area contributed by atoms with Crippen LogP contribution in [0.15, 0.2) is 36.4 Å². The molecule has 2 heteroatoms. The molecule has 3 rings (SSSR count). The average molecular weight is 253 g/mol. The molecular formula is C17H19NO.